The summed E-state index contributed by atoms with van der Waals surface area (Å²) in [7, 11) is 2.04. The van der Waals surface area contributed by atoms with Crippen molar-refractivity contribution in [2.45, 2.75) is 25.0 Å². The molecule has 1 aliphatic carbocycles. The second-order valence-electron chi connectivity index (χ2n) is 4.88. The first-order valence-corrected chi connectivity index (χ1v) is 6.49. The van der Waals surface area contributed by atoms with Crippen LogP contribution in [-0.2, 0) is 9.47 Å². The van der Waals surface area contributed by atoms with E-state index in [9.17, 15) is 18.4 Å². The van der Waals surface area contributed by atoms with Gasteiger partial charge in [0.15, 0.2) is 17.4 Å². The first-order valence-electron chi connectivity index (χ1n) is 6.49. The van der Waals surface area contributed by atoms with E-state index in [4.69, 9.17) is 10.5 Å². The molecule has 2 rings (SSSR count). The lowest BCUT2D eigenvalue weighted by atomic mass is 9.90. The van der Waals surface area contributed by atoms with Crippen molar-refractivity contribution in [1.29, 1.82) is 0 Å². The minimum atomic E-state index is -1.30. The number of methoxy groups -OCH3 is 2. The number of benzene rings is 1. The zero-order valence-corrected chi connectivity index (χ0v) is 12.0. The Hall–Kier alpha value is -2.22. The van der Waals surface area contributed by atoms with Gasteiger partial charge in [0, 0.05) is 6.04 Å². The molecule has 1 aliphatic rings. The molecule has 8 heteroatoms. The summed E-state index contributed by atoms with van der Waals surface area (Å²) in [4.78, 5) is 23.3. The predicted octanol–water partition coefficient (Wildman–Crippen LogP) is 1.41. The molecule has 0 radical (unpaired) electrons. The topological polar surface area (TPSA) is 87.9 Å². The van der Waals surface area contributed by atoms with Crippen LogP contribution in [0.25, 0.3) is 0 Å². The highest BCUT2D eigenvalue weighted by molar-refractivity contribution is 6.03. The van der Waals surface area contributed by atoms with Gasteiger partial charge in [-0.3, -0.25) is 0 Å². The molecule has 120 valence electrons. The Morgan fingerprint density at radius 3 is 2.27 bits per heavy atom. The van der Waals surface area contributed by atoms with Crippen molar-refractivity contribution in [3.8, 4) is 5.75 Å². The highest BCUT2D eigenvalue weighted by Crippen LogP contribution is 2.32. The van der Waals surface area contributed by atoms with Crippen molar-refractivity contribution in [2.24, 2.45) is 5.73 Å². The monoisotopic (exact) mass is 315 g/mol. The number of ether oxygens (including phenoxy) is 3. The first-order chi connectivity index (χ1) is 10.4. The van der Waals surface area contributed by atoms with E-state index in [1.54, 1.807) is 0 Å². The third-order valence-electron chi connectivity index (χ3n) is 3.39. The average molecular weight is 315 g/mol. The van der Waals surface area contributed by atoms with Crippen LogP contribution in [0.5, 0.6) is 5.75 Å². The minimum absolute atomic E-state index is 0.0782. The quantitative estimate of drug-likeness (QED) is 0.845. The van der Waals surface area contributed by atoms with E-state index in [1.165, 1.54) is 0 Å². The number of hydrogen-bond acceptors (Lipinski definition) is 6. The Bertz CT molecular complexity index is 614. The molecular formula is C14H15F2NO5. The number of esters is 2. The van der Waals surface area contributed by atoms with Gasteiger partial charge in [0.1, 0.15) is 11.7 Å². The first kappa shape index (κ1) is 16.2. The van der Waals surface area contributed by atoms with Gasteiger partial charge in [-0.25, -0.2) is 18.4 Å². The number of hydrogen-bond donors (Lipinski definition) is 1. The highest BCUT2D eigenvalue weighted by Gasteiger charge is 2.33. The minimum Gasteiger partial charge on any atom is -0.484 e. The van der Waals surface area contributed by atoms with Crippen molar-refractivity contribution in [3.05, 3.63) is 28.8 Å². The SMILES string of the molecule is COC(=O)c1cc(F)c(O[C@H]2C[C@H](N)C2)c(F)c1C(=O)OC. The molecular weight excluding hydrogens is 300 g/mol. The summed E-state index contributed by atoms with van der Waals surface area (Å²) in [6, 6.07) is 0.611. The molecule has 0 aliphatic heterocycles. The Morgan fingerprint density at radius 2 is 1.77 bits per heavy atom. The van der Waals surface area contributed by atoms with Crippen molar-refractivity contribution >= 4 is 11.9 Å². The molecule has 0 bridgehead atoms. The largest absolute Gasteiger partial charge is 0.484 e. The van der Waals surface area contributed by atoms with Gasteiger partial charge >= 0.3 is 11.9 Å². The highest BCUT2D eigenvalue weighted by atomic mass is 19.1. The lowest BCUT2D eigenvalue weighted by molar-refractivity contribution is 0.0543. The molecule has 0 spiro atoms. The third-order valence-corrected chi connectivity index (χ3v) is 3.39. The normalized spacial score (nSPS) is 20.0. The Kier molecular flexibility index (Phi) is 4.60. The number of carbonyl (C=O) groups is 2. The van der Waals surface area contributed by atoms with Crippen LogP contribution in [0.1, 0.15) is 33.6 Å². The van der Waals surface area contributed by atoms with Crippen LogP contribution in [0.2, 0.25) is 0 Å². The maximum Gasteiger partial charge on any atom is 0.341 e. The van der Waals surface area contributed by atoms with Gasteiger partial charge in [-0.05, 0) is 18.9 Å². The Balaban J connectivity index is 2.47. The van der Waals surface area contributed by atoms with Crippen molar-refractivity contribution < 1.29 is 32.6 Å². The van der Waals surface area contributed by atoms with E-state index in [-0.39, 0.29) is 6.04 Å². The van der Waals surface area contributed by atoms with Crippen molar-refractivity contribution in [2.75, 3.05) is 14.2 Å². The number of carbonyl (C=O) groups excluding carboxylic acids is 2. The molecule has 0 saturated heterocycles. The van der Waals surface area contributed by atoms with Crippen LogP contribution in [0.3, 0.4) is 0 Å². The second-order valence-corrected chi connectivity index (χ2v) is 4.88. The van der Waals surface area contributed by atoms with Gasteiger partial charge < -0.3 is 19.9 Å². The van der Waals surface area contributed by atoms with Crippen molar-refractivity contribution in [3.63, 3.8) is 0 Å². The number of halogens is 2. The molecule has 0 heterocycles. The molecule has 1 aromatic carbocycles. The van der Waals surface area contributed by atoms with E-state index in [1.807, 2.05) is 0 Å². The standard InChI is InChI=1S/C14H15F2NO5/c1-20-13(18)8-5-9(15)12(22-7-3-6(17)4-7)11(16)10(8)14(19)21-2/h5-7H,3-4,17H2,1-2H3/t6-,7-. The number of rotatable bonds is 4. The molecule has 1 fully saturated rings. The fraction of sp³-hybridized carbons (Fsp3) is 0.429. The van der Waals surface area contributed by atoms with E-state index < -0.39 is 46.6 Å². The van der Waals surface area contributed by atoms with Gasteiger partial charge in [0.2, 0.25) is 0 Å². The molecule has 0 aromatic heterocycles. The summed E-state index contributed by atoms with van der Waals surface area (Å²) in [5, 5.41) is 0. The lowest BCUT2D eigenvalue weighted by Crippen LogP contribution is -2.43. The molecule has 22 heavy (non-hydrogen) atoms. The van der Waals surface area contributed by atoms with Crippen LogP contribution in [0.15, 0.2) is 6.07 Å². The molecule has 0 unspecified atom stereocenters. The van der Waals surface area contributed by atoms with Gasteiger partial charge in [-0.15, -0.1) is 0 Å². The summed E-state index contributed by atoms with van der Waals surface area (Å²) in [5.74, 6) is -5.33. The maximum atomic E-state index is 14.4. The van der Waals surface area contributed by atoms with Crippen LogP contribution in [0, 0.1) is 11.6 Å². The van der Waals surface area contributed by atoms with Crippen LogP contribution in [0.4, 0.5) is 8.78 Å². The maximum absolute atomic E-state index is 14.4. The van der Waals surface area contributed by atoms with Crippen LogP contribution in [-0.4, -0.2) is 38.3 Å². The lowest BCUT2D eigenvalue weighted by Gasteiger charge is -2.32. The predicted molar refractivity (Wildman–Crippen MR) is 70.7 cm³/mol. The van der Waals surface area contributed by atoms with Gasteiger partial charge in [-0.1, -0.05) is 0 Å². The van der Waals surface area contributed by atoms with E-state index in [0.29, 0.717) is 18.9 Å². The molecule has 6 nitrogen and oxygen atoms in total. The Labute approximate surface area is 125 Å². The van der Waals surface area contributed by atoms with Gasteiger partial charge in [0.05, 0.1) is 19.8 Å². The zero-order chi connectivity index (χ0) is 16.4. The molecule has 0 atom stereocenters. The zero-order valence-electron chi connectivity index (χ0n) is 12.0. The number of nitrogens with two attached hydrogens (primary N) is 1. The van der Waals surface area contributed by atoms with E-state index in [2.05, 4.69) is 9.47 Å². The summed E-state index contributed by atoms with van der Waals surface area (Å²) >= 11 is 0. The summed E-state index contributed by atoms with van der Waals surface area (Å²) in [5.41, 5.74) is 4.28. The molecule has 2 N–H and O–H groups in total. The molecule has 0 amide bonds. The van der Waals surface area contributed by atoms with Gasteiger partial charge in [0.25, 0.3) is 0 Å². The van der Waals surface area contributed by atoms with Crippen LogP contribution >= 0.6 is 0 Å². The molecule has 1 saturated carbocycles. The van der Waals surface area contributed by atoms with Gasteiger partial charge in [-0.2, -0.15) is 0 Å². The second kappa shape index (κ2) is 6.27. The smallest absolute Gasteiger partial charge is 0.341 e. The van der Waals surface area contributed by atoms with Crippen LogP contribution < -0.4 is 10.5 Å². The summed E-state index contributed by atoms with van der Waals surface area (Å²) < 4.78 is 42.5. The van der Waals surface area contributed by atoms with E-state index >= 15 is 0 Å². The summed E-state index contributed by atoms with van der Waals surface area (Å²) in [6.07, 6.45) is 0.463. The fourth-order valence-corrected chi connectivity index (χ4v) is 2.15. The Morgan fingerprint density at radius 1 is 1.18 bits per heavy atom. The summed E-state index contributed by atoms with van der Waals surface area (Å²) in [6.45, 7) is 0. The fourth-order valence-electron chi connectivity index (χ4n) is 2.15. The third kappa shape index (κ3) is 2.87. The van der Waals surface area contributed by atoms with Crippen molar-refractivity contribution in [1.82, 2.24) is 0 Å². The van der Waals surface area contributed by atoms with E-state index in [0.717, 1.165) is 14.2 Å². The molecule has 1 aromatic rings. The average Bonchev–Trinajstić information content (AvgIpc) is 2.47.